The first kappa shape index (κ1) is 25.4. The molecule has 1 atom stereocenters. The van der Waals surface area contributed by atoms with E-state index in [2.05, 4.69) is 64.5 Å². The Morgan fingerprint density at radius 3 is 2.46 bits per heavy atom. The van der Waals surface area contributed by atoms with E-state index in [1.165, 1.54) is 12.1 Å². The van der Waals surface area contributed by atoms with E-state index >= 15 is 4.39 Å². The number of pyridine rings is 2. The molecule has 0 bridgehead atoms. The number of aromatic nitrogens is 4. The van der Waals surface area contributed by atoms with E-state index in [0.717, 1.165) is 36.9 Å². The van der Waals surface area contributed by atoms with Crippen LogP contribution >= 0.6 is 0 Å². The molecule has 3 aromatic heterocycles. The molecule has 210 valence electrons. The van der Waals surface area contributed by atoms with Crippen LogP contribution in [0.2, 0.25) is 0 Å². The Morgan fingerprint density at radius 1 is 0.951 bits per heavy atom. The molecule has 5 aromatic rings. The van der Waals surface area contributed by atoms with Crippen LogP contribution in [-0.2, 0) is 15.1 Å². The number of hydrogen-bond acceptors (Lipinski definition) is 1. The summed E-state index contributed by atoms with van der Waals surface area (Å²) >= 11 is -4.21. The van der Waals surface area contributed by atoms with Gasteiger partial charge in [0.25, 0.3) is 0 Å². The van der Waals surface area contributed by atoms with Crippen LogP contribution in [0.15, 0.2) is 73.1 Å². The Bertz CT molecular complexity index is 1970. The van der Waals surface area contributed by atoms with Crippen molar-refractivity contribution in [2.45, 2.75) is 55.7 Å². The molecule has 5 heterocycles. The normalized spacial score (nSPS) is 22.0. The van der Waals surface area contributed by atoms with Crippen LogP contribution in [0.5, 0.6) is 0 Å². The van der Waals surface area contributed by atoms with Crippen molar-refractivity contribution in [3.8, 4) is 22.6 Å². The quantitative estimate of drug-likeness (QED) is 0.122. The minimum absolute atomic E-state index is 0.295. The van der Waals surface area contributed by atoms with Gasteiger partial charge in [-0.25, -0.2) is 0 Å². The van der Waals surface area contributed by atoms with Gasteiger partial charge in [0.2, 0.25) is 0 Å². The Morgan fingerprint density at radius 2 is 1.73 bits per heavy atom. The molecule has 3 aliphatic rings. The van der Waals surface area contributed by atoms with Gasteiger partial charge in [0, 0.05) is 0 Å². The van der Waals surface area contributed by atoms with Crippen LogP contribution in [0.25, 0.3) is 33.4 Å². The number of benzene rings is 2. The number of fused-ring (bicyclic) bond motifs is 6. The van der Waals surface area contributed by atoms with Crippen LogP contribution in [0, 0.1) is 9.39 Å². The zero-order chi connectivity index (χ0) is 28.7. The molecule has 2 aromatic carbocycles. The van der Waals surface area contributed by atoms with Gasteiger partial charge in [0.05, 0.1) is 0 Å². The topological polar surface area (TPSA) is 25.6 Å². The van der Waals surface area contributed by atoms with Crippen molar-refractivity contribution in [2.24, 2.45) is 0 Å². The molecule has 0 amide bonds. The van der Waals surface area contributed by atoms with Crippen molar-refractivity contribution in [2.75, 3.05) is 0 Å². The van der Waals surface area contributed by atoms with E-state index in [9.17, 15) is 13.2 Å². The summed E-state index contributed by atoms with van der Waals surface area (Å²) in [4.78, 5) is 0. The van der Waals surface area contributed by atoms with Gasteiger partial charge < -0.3 is 0 Å². The van der Waals surface area contributed by atoms with Gasteiger partial charge in [0.15, 0.2) is 0 Å². The Hall–Kier alpha value is -3.34. The summed E-state index contributed by atoms with van der Waals surface area (Å²) in [6.07, 6.45) is 0.849. The standard InChI is InChI=1S/C32H28F4IN4/c1-5-31(6-2)37(40-16-8-7-12-23(40)24-18-25(32(34,35)36)38-41(24)37)22-14-13-21(33)28-27(22)29-26-19(15-17-39(29)31)10-9-11-20(26)30(28,3)4/h7-18H,5-6H2,1-4H3/q+1. The first-order valence-electron chi connectivity index (χ1n) is 13.8. The minimum atomic E-state index is -4.59. The van der Waals surface area contributed by atoms with E-state index in [0.29, 0.717) is 24.1 Å². The van der Waals surface area contributed by atoms with E-state index in [4.69, 9.17) is 0 Å². The molecule has 1 spiro atoms. The van der Waals surface area contributed by atoms with Crippen LogP contribution in [0.3, 0.4) is 0 Å². The maximum absolute atomic E-state index is 16.2. The van der Waals surface area contributed by atoms with Crippen molar-refractivity contribution in [1.29, 1.82) is 0 Å². The second-order valence-electron chi connectivity index (χ2n) is 11.5. The zero-order valence-electron chi connectivity index (χ0n) is 23.0. The number of rotatable bonds is 2. The third-order valence-electron chi connectivity index (χ3n) is 9.43. The zero-order valence-corrected chi connectivity index (χ0v) is 25.2. The van der Waals surface area contributed by atoms with Crippen LogP contribution in [0.4, 0.5) is 17.6 Å². The summed E-state index contributed by atoms with van der Waals surface area (Å²) in [5, 5.41) is 6.59. The van der Waals surface area contributed by atoms with Gasteiger partial charge in [0.1, 0.15) is 0 Å². The molecule has 9 heteroatoms. The summed E-state index contributed by atoms with van der Waals surface area (Å²) < 4.78 is 65.6. The predicted octanol–water partition coefficient (Wildman–Crippen LogP) is 3.80. The van der Waals surface area contributed by atoms with Gasteiger partial charge in [-0.05, 0) is 0 Å². The molecule has 0 saturated heterocycles. The monoisotopic (exact) mass is 671 g/mol. The SMILES string of the molecule is CCC1(CC)[n+]2ccc3cccc4c3c2-c2c(ccc(F)c2C4(C)C)[I-]12n1nc(C(F)(F)F)cc1-c1cccc[n+]12. The number of halogens is 5. The average Bonchev–Trinajstić information content (AvgIpc) is 3.51. The molecule has 0 N–H and O–H groups in total. The Balaban J connectivity index is 1.67. The van der Waals surface area contributed by atoms with Crippen molar-refractivity contribution in [1.82, 2.24) is 7.99 Å². The summed E-state index contributed by atoms with van der Waals surface area (Å²) in [6.45, 7) is 8.36. The van der Waals surface area contributed by atoms with E-state index in [1.54, 1.807) is 2.90 Å². The number of alkyl halides is 4. The summed E-state index contributed by atoms with van der Waals surface area (Å²) in [5.41, 5.74) is 3.10. The van der Waals surface area contributed by atoms with Crippen LogP contribution < -0.4 is 26.3 Å². The third kappa shape index (κ3) is 2.66. The van der Waals surface area contributed by atoms with Gasteiger partial charge in [-0.3, -0.25) is 0 Å². The Labute approximate surface area is 239 Å². The molecule has 1 aliphatic carbocycles. The predicted molar refractivity (Wildman–Crippen MR) is 143 cm³/mol. The van der Waals surface area contributed by atoms with Gasteiger partial charge in [-0.15, -0.1) is 0 Å². The van der Waals surface area contributed by atoms with Crippen molar-refractivity contribution in [3.05, 3.63) is 99.3 Å². The molecule has 1 unspecified atom stereocenters. The summed E-state index contributed by atoms with van der Waals surface area (Å²) in [5.74, 6) is -0.295. The van der Waals surface area contributed by atoms with Crippen LogP contribution in [-0.4, -0.2) is 7.99 Å². The fourth-order valence-corrected chi connectivity index (χ4v) is 20.8. The fraction of sp³-hybridized carbons (Fsp3) is 0.281. The number of nitrogens with zero attached hydrogens (tertiary/aromatic N) is 4. The van der Waals surface area contributed by atoms with Crippen molar-refractivity contribution < 1.29 is 43.9 Å². The van der Waals surface area contributed by atoms with Crippen LogP contribution in [0.1, 0.15) is 57.4 Å². The maximum atomic E-state index is 16.2. The molecule has 0 fully saturated rings. The Kier molecular flexibility index (Phi) is 4.78. The second kappa shape index (κ2) is 7.73. The van der Waals surface area contributed by atoms with E-state index in [-0.39, 0.29) is 5.82 Å². The molecule has 4 nitrogen and oxygen atoms in total. The third-order valence-corrected chi connectivity index (χ3v) is 21.2. The van der Waals surface area contributed by atoms with Gasteiger partial charge >= 0.3 is 240 Å². The van der Waals surface area contributed by atoms with Crippen molar-refractivity contribution in [3.63, 3.8) is 0 Å². The fourth-order valence-electron chi connectivity index (χ4n) is 7.72. The first-order chi connectivity index (χ1) is 19.5. The van der Waals surface area contributed by atoms with Gasteiger partial charge in [-0.1, -0.05) is 0 Å². The molecule has 0 saturated carbocycles. The van der Waals surface area contributed by atoms with E-state index < -0.39 is 39.8 Å². The average molecular weight is 672 g/mol. The number of hydrogen-bond donors (Lipinski definition) is 0. The van der Waals surface area contributed by atoms with E-state index in [1.807, 2.05) is 36.5 Å². The molecular formula is C32H28F4IN4+. The molecule has 2 aliphatic heterocycles. The second-order valence-corrected chi connectivity index (χ2v) is 19.5. The molecule has 41 heavy (non-hydrogen) atoms. The molecule has 0 radical (unpaired) electrons. The first-order valence-corrected chi connectivity index (χ1v) is 17.9. The summed E-state index contributed by atoms with van der Waals surface area (Å²) in [7, 11) is 0. The van der Waals surface area contributed by atoms with Crippen molar-refractivity contribution >= 4 is 10.8 Å². The molecule has 8 rings (SSSR count). The molecular weight excluding hydrogens is 643 g/mol. The summed E-state index contributed by atoms with van der Waals surface area (Å²) in [6, 6.07) is 18.6. The van der Waals surface area contributed by atoms with Gasteiger partial charge in [-0.2, -0.15) is 0 Å².